The summed E-state index contributed by atoms with van der Waals surface area (Å²) in [5.41, 5.74) is 0.966. The third kappa shape index (κ3) is 4.19. The van der Waals surface area contributed by atoms with Gasteiger partial charge in [0.25, 0.3) is 0 Å². The lowest BCUT2D eigenvalue weighted by atomic mass is 10.1. The van der Waals surface area contributed by atoms with E-state index in [2.05, 4.69) is 12.2 Å². The van der Waals surface area contributed by atoms with E-state index in [1.165, 1.54) is 0 Å². The lowest BCUT2D eigenvalue weighted by molar-refractivity contribution is 0.261. The normalized spacial score (nSPS) is 12.5. The van der Waals surface area contributed by atoms with E-state index in [0.29, 0.717) is 17.6 Å². The van der Waals surface area contributed by atoms with Crippen molar-refractivity contribution in [2.45, 2.75) is 32.4 Å². The number of ether oxygens (including phenoxy) is 1. The molecule has 0 spiro atoms. The highest BCUT2D eigenvalue weighted by Gasteiger charge is 2.10. The summed E-state index contributed by atoms with van der Waals surface area (Å²) < 4.78 is 5.28. The maximum atomic E-state index is 8.93. The van der Waals surface area contributed by atoms with Crippen molar-refractivity contribution >= 4 is 11.6 Å². The Morgan fingerprint density at radius 2 is 2.24 bits per heavy atom. The molecule has 1 aromatic carbocycles. The summed E-state index contributed by atoms with van der Waals surface area (Å²) in [6, 6.07) is 5.93. The topological polar surface area (TPSA) is 41.5 Å². The zero-order valence-electron chi connectivity index (χ0n) is 10.4. The van der Waals surface area contributed by atoms with E-state index < -0.39 is 0 Å². The fourth-order valence-corrected chi connectivity index (χ4v) is 1.99. The van der Waals surface area contributed by atoms with Crippen LogP contribution in [0.3, 0.4) is 0 Å². The van der Waals surface area contributed by atoms with Crippen LogP contribution in [0, 0.1) is 0 Å². The highest BCUT2D eigenvalue weighted by Crippen LogP contribution is 2.26. The molecule has 0 saturated heterocycles. The maximum Gasteiger partial charge on any atom is 0.124 e. The second kappa shape index (κ2) is 7.54. The Balaban J connectivity index is 2.67. The van der Waals surface area contributed by atoms with Crippen molar-refractivity contribution in [3.63, 3.8) is 0 Å². The van der Waals surface area contributed by atoms with Gasteiger partial charge in [-0.05, 0) is 25.0 Å². The van der Waals surface area contributed by atoms with Gasteiger partial charge in [-0.15, -0.1) is 0 Å². The third-order valence-corrected chi connectivity index (χ3v) is 3.19. The van der Waals surface area contributed by atoms with Crippen LogP contribution in [0.25, 0.3) is 0 Å². The van der Waals surface area contributed by atoms with Crippen molar-refractivity contribution < 1.29 is 9.84 Å². The third-order valence-electron chi connectivity index (χ3n) is 2.83. The van der Waals surface area contributed by atoms with Crippen molar-refractivity contribution in [3.05, 3.63) is 28.8 Å². The van der Waals surface area contributed by atoms with Gasteiger partial charge in [-0.1, -0.05) is 24.6 Å². The number of nitrogens with one attached hydrogen (secondary N) is 1. The average molecular weight is 258 g/mol. The van der Waals surface area contributed by atoms with Gasteiger partial charge in [0, 0.05) is 29.8 Å². The van der Waals surface area contributed by atoms with Crippen LogP contribution < -0.4 is 10.1 Å². The van der Waals surface area contributed by atoms with Crippen molar-refractivity contribution in [2.24, 2.45) is 0 Å². The highest BCUT2D eigenvalue weighted by molar-refractivity contribution is 6.31. The van der Waals surface area contributed by atoms with Crippen LogP contribution in [-0.4, -0.2) is 24.9 Å². The number of hydrogen-bond acceptors (Lipinski definition) is 3. The monoisotopic (exact) mass is 257 g/mol. The fraction of sp³-hybridized carbons (Fsp3) is 0.538. The first-order valence-corrected chi connectivity index (χ1v) is 6.26. The molecule has 0 bridgehead atoms. The summed E-state index contributed by atoms with van der Waals surface area (Å²) in [6.07, 6.45) is 1.73. The molecule has 0 aromatic heterocycles. The standard InChI is InChI=1S/C13H20ClNO2/c1-3-10(7-8-16)15-9-11-12(14)5-4-6-13(11)17-2/h4-6,10,15-16H,3,7-9H2,1-2H3. The van der Waals surface area contributed by atoms with Crippen LogP contribution in [0.15, 0.2) is 18.2 Å². The smallest absolute Gasteiger partial charge is 0.124 e. The molecule has 3 nitrogen and oxygen atoms in total. The molecule has 1 rings (SSSR count). The Labute approximate surface area is 108 Å². The van der Waals surface area contributed by atoms with E-state index in [4.69, 9.17) is 21.4 Å². The lowest BCUT2D eigenvalue weighted by Gasteiger charge is -2.17. The molecular weight excluding hydrogens is 238 g/mol. The van der Waals surface area contributed by atoms with Gasteiger partial charge in [0.05, 0.1) is 7.11 Å². The summed E-state index contributed by atoms with van der Waals surface area (Å²) in [5.74, 6) is 0.795. The van der Waals surface area contributed by atoms with Gasteiger partial charge in [-0.3, -0.25) is 0 Å². The van der Waals surface area contributed by atoms with Gasteiger partial charge in [-0.2, -0.15) is 0 Å². The van der Waals surface area contributed by atoms with E-state index in [0.717, 1.165) is 24.2 Å². The summed E-state index contributed by atoms with van der Waals surface area (Å²) in [7, 11) is 1.64. The van der Waals surface area contributed by atoms with Crippen LogP contribution in [0.5, 0.6) is 5.75 Å². The minimum absolute atomic E-state index is 0.200. The van der Waals surface area contributed by atoms with Crippen molar-refractivity contribution in [1.29, 1.82) is 0 Å². The van der Waals surface area contributed by atoms with Gasteiger partial charge < -0.3 is 15.2 Å². The largest absolute Gasteiger partial charge is 0.496 e. The minimum Gasteiger partial charge on any atom is -0.496 e. The molecule has 0 fully saturated rings. The van der Waals surface area contributed by atoms with Crippen molar-refractivity contribution in [1.82, 2.24) is 5.32 Å². The number of aliphatic hydroxyl groups excluding tert-OH is 1. The summed E-state index contributed by atoms with van der Waals surface area (Å²) in [4.78, 5) is 0. The Kier molecular flexibility index (Phi) is 6.34. The summed E-state index contributed by atoms with van der Waals surface area (Å²) in [6.45, 7) is 2.95. The molecule has 2 N–H and O–H groups in total. The zero-order chi connectivity index (χ0) is 12.7. The molecule has 0 aliphatic carbocycles. The molecule has 17 heavy (non-hydrogen) atoms. The Morgan fingerprint density at radius 1 is 1.47 bits per heavy atom. The van der Waals surface area contributed by atoms with E-state index in [1.807, 2.05) is 18.2 Å². The number of methoxy groups -OCH3 is 1. The lowest BCUT2D eigenvalue weighted by Crippen LogP contribution is -2.29. The molecule has 0 aliphatic heterocycles. The second-order valence-electron chi connectivity index (χ2n) is 3.92. The van der Waals surface area contributed by atoms with Gasteiger partial charge in [0.2, 0.25) is 0 Å². The Bertz CT molecular complexity index is 344. The van der Waals surface area contributed by atoms with Crippen LogP contribution in [0.4, 0.5) is 0 Å². The number of benzene rings is 1. The van der Waals surface area contributed by atoms with Crippen LogP contribution in [0.1, 0.15) is 25.3 Å². The van der Waals surface area contributed by atoms with Gasteiger partial charge in [-0.25, -0.2) is 0 Å². The fourth-order valence-electron chi connectivity index (χ4n) is 1.75. The summed E-state index contributed by atoms with van der Waals surface area (Å²) in [5, 5.41) is 13.0. The zero-order valence-corrected chi connectivity index (χ0v) is 11.1. The predicted molar refractivity (Wildman–Crippen MR) is 70.6 cm³/mol. The van der Waals surface area contributed by atoms with Gasteiger partial charge in [0.15, 0.2) is 0 Å². The van der Waals surface area contributed by atoms with Crippen LogP contribution in [-0.2, 0) is 6.54 Å². The maximum absolute atomic E-state index is 8.93. The number of hydrogen-bond donors (Lipinski definition) is 2. The minimum atomic E-state index is 0.200. The summed E-state index contributed by atoms with van der Waals surface area (Å²) >= 11 is 6.14. The van der Waals surface area contributed by atoms with Crippen LogP contribution >= 0.6 is 11.6 Å². The van der Waals surface area contributed by atoms with Gasteiger partial charge >= 0.3 is 0 Å². The molecule has 0 saturated carbocycles. The molecule has 0 aliphatic rings. The van der Waals surface area contributed by atoms with Crippen molar-refractivity contribution in [2.75, 3.05) is 13.7 Å². The molecule has 1 unspecified atom stereocenters. The van der Waals surface area contributed by atoms with E-state index in [-0.39, 0.29) is 6.61 Å². The molecule has 4 heteroatoms. The van der Waals surface area contributed by atoms with E-state index in [1.54, 1.807) is 7.11 Å². The highest BCUT2D eigenvalue weighted by atomic mass is 35.5. The quantitative estimate of drug-likeness (QED) is 0.789. The predicted octanol–water partition coefficient (Wildman–Crippen LogP) is 2.60. The van der Waals surface area contributed by atoms with Gasteiger partial charge in [0.1, 0.15) is 5.75 Å². The number of halogens is 1. The van der Waals surface area contributed by atoms with E-state index in [9.17, 15) is 0 Å². The Hall–Kier alpha value is -0.770. The first kappa shape index (κ1) is 14.3. The molecule has 0 amide bonds. The first-order valence-electron chi connectivity index (χ1n) is 5.88. The molecule has 0 heterocycles. The number of rotatable bonds is 7. The molecule has 96 valence electrons. The molecular formula is C13H20ClNO2. The van der Waals surface area contributed by atoms with E-state index >= 15 is 0 Å². The SMILES string of the molecule is CCC(CCO)NCc1c(Cl)cccc1OC. The molecule has 1 atom stereocenters. The Morgan fingerprint density at radius 3 is 2.82 bits per heavy atom. The second-order valence-corrected chi connectivity index (χ2v) is 4.33. The average Bonchev–Trinajstić information content (AvgIpc) is 2.35. The van der Waals surface area contributed by atoms with Crippen molar-refractivity contribution in [3.8, 4) is 5.75 Å². The first-order chi connectivity index (χ1) is 8.22. The van der Waals surface area contributed by atoms with Crippen LogP contribution in [0.2, 0.25) is 5.02 Å². The number of aliphatic hydroxyl groups is 1. The molecule has 0 radical (unpaired) electrons. The molecule has 1 aromatic rings.